The van der Waals surface area contributed by atoms with Gasteiger partial charge in [-0.15, -0.1) is 0 Å². The van der Waals surface area contributed by atoms with Crippen molar-refractivity contribution >= 4 is 0 Å². The molecule has 0 aromatic heterocycles. The van der Waals surface area contributed by atoms with Crippen molar-refractivity contribution < 1.29 is 49.2 Å². The molecule has 13 heavy (non-hydrogen) atoms. The molecule has 0 amide bonds. The summed E-state index contributed by atoms with van der Waals surface area (Å²) in [6, 6.07) is 0. The molecule has 0 aliphatic heterocycles. The van der Waals surface area contributed by atoms with Gasteiger partial charge in [-0.3, -0.25) is 0 Å². The number of rotatable bonds is 6. The number of ether oxygens (including phenoxy) is 3. The van der Waals surface area contributed by atoms with Crippen LogP contribution in [0.25, 0.3) is 0 Å². The molecule has 5 heteroatoms. The van der Waals surface area contributed by atoms with Crippen LogP contribution < -0.4 is 29.6 Å². The third kappa shape index (κ3) is 12.8. The monoisotopic (exact) mass is 202 g/mol. The predicted octanol–water partition coefficient (Wildman–Crippen LogP) is -2.10. The number of methoxy groups -OCH3 is 2. The first-order valence-electron chi connectivity index (χ1n) is 3.84. The normalized spacial score (nSPS) is 13.8. The van der Waals surface area contributed by atoms with Gasteiger partial charge in [0, 0.05) is 14.2 Å². The summed E-state index contributed by atoms with van der Waals surface area (Å²) >= 11 is 0. The molecule has 0 heterocycles. The predicted molar refractivity (Wildman–Crippen MR) is 45.7 cm³/mol. The van der Waals surface area contributed by atoms with Gasteiger partial charge >= 0.3 is 29.6 Å². The third-order valence-corrected chi connectivity index (χ3v) is 1.42. The largest absolute Gasteiger partial charge is 1.00 e. The average Bonchev–Trinajstić information content (AvgIpc) is 2.01. The Morgan fingerprint density at radius 1 is 1.00 bits per heavy atom. The van der Waals surface area contributed by atoms with Crippen LogP contribution in [0, 0.1) is 0 Å². The maximum atomic E-state index is 5.39. The van der Waals surface area contributed by atoms with Crippen LogP contribution in [0.15, 0.2) is 0 Å². The Bertz CT molecular complexity index is 92.2. The fraction of sp³-hybridized carbons (Fsp3) is 1.00. The zero-order valence-electron chi connectivity index (χ0n) is 9.24. The van der Waals surface area contributed by atoms with Crippen LogP contribution in [0.3, 0.4) is 0 Å². The molecule has 76 valence electrons. The van der Waals surface area contributed by atoms with Gasteiger partial charge in [0.15, 0.2) is 0 Å². The minimum absolute atomic E-state index is 0. The van der Waals surface area contributed by atoms with E-state index in [4.69, 9.17) is 14.2 Å². The molecule has 0 saturated carbocycles. The molecule has 0 aromatic carbocycles. The molecular weight excluding hydrogens is 183 g/mol. The molecule has 1 N–H and O–H groups in total. The van der Waals surface area contributed by atoms with Crippen molar-refractivity contribution in [2.75, 3.05) is 27.4 Å². The topological polar surface area (TPSA) is 57.7 Å². The van der Waals surface area contributed by atoms with Crippen molar-refractivity contribution in [3.05, 3.63) is 0 Å². The fourth-order valence-corrected chi connectivity index (χ4v) is 0.651. The van der Waals surface area contributed by atoms with E-state index in [9.17, 15) is 0 Å². The molecule has 0 aliphatic rings. The van der Waals surface area contributed by atoms with Crippen molar-refractivity contribution in [3.63, 3.8) is 0 Å². The molecule has 2 atom stereocenters. The molecule has 0 rings (SSSR count). The van der Waals surface area contributed by atoms with Gasteiger partial charge in [0.25, 0.3) is 0 Å². The molecule has 0 aromatic rings. The van der Waals surface area contributed by atoms with Gasteiger partial charge in [-0.1, -0.05) is 0 Å². The Kier molecular flexibility index (Phi) is 19.2. The summed E-state index contributed by atoms with van der Waals surface area (Å²) in [5, 5.41) is 0. The van der Waals surface area contributed by atoms with E-state index in [1.807, 2.05) is 13.8 Å². The Morgan fingerprint density at radius 3 is 1.92 bits per heavy atom. The van der Waals surface area contributed by atoms with Gasteiger partial charge < -0.3 is 19.7 Å². The quantitative estimate of drug-likeness (QED) is 0.463. The summed E-state index contributed by atoms with van der Waals surface area (Å²) in [5.74, 6) is 0. The summed E-state index contributed by atoms with van der Waals surface area (Å²) < 4.78 is 15.3. The van der Waals surface area contributed by atoms with Crippen molar-refractivity contribution in [1.82, 2.24) is 0 Å². The Labute approximate surface area is 103 Å². The van der Waals surface area contributed by atoms with E-state index >= 15 is 0 Å². The second-order valence-electron chi connectivity index (χ2n) is 2.65. The zero-order chi connectivity index (χ0) is 8.69. The Hall–Kier alpha value is 0.840. The van der Waals surface area contributed by atoms with Crippen LogP contribution in [0.2, 0.25) is 0 Å². The second kappa shape index (κ2) is 12.8. The Balaban J connectivity index is -0.000000500. The summed E-state index contributed by atoms with van der Waals surface area (Å²) in [4.78, 5) is 0. The molecule has 2 unspecified atom stereocenters. The van der Waals surface area contributed by atoms with Gasteiger partial charge in [-0.25, -0.2) is 0 Å². The van der Waals surface area contributed by atoms with Gasteiger partial charge in [0.05, 0.1) is 25.4 Å². The minimum Gasteiger partial charge on any atom is -0.870 e. The number of hydrogen-bond acceptors (Lipinski definition) is 4. The molecule has 0 bridgehead atoms. The molecule has 0 radical (unpaired) electrons. The Morgan fingerprint density at radius 2 is 1.54 bits per heavy atom. The average molecular weight is 202 g/mol. The van der Waals surface area contributed by atoms with Crippen molar-refractivity contribution in [1.29, 1.82) is 0 Å². The molecule has 0 fully saturated rings. The van der Waals surface area contributed by atoms with E-state index in [1.165, 1.54) is 0 Å². The van der Waals surface area contributed by atoms with Gasteiger partial charge in [0.2, 0.25) is 0 Å². The first-order chi connectivity index (χ1) is 5.20. The summed E-state index contributed by atoms with van der Waals surface area (Å²) in [5.41, 5.74) is 0. The molecule has 0 aliphatic carbocycles. The molecular formula is C8H19NaO4. The SMILES string of the molecule is COCC(C)OCC(C)OC.[Na+].[OH-]. The smallest absolute Gasteiger partial charge is 0.870 e. The maximum Gasteiger partial charge on any atom is 1.00 e. The first kappa shape index (κ1) is 19.4. The van der Waals surface area contributed by atoms with Crippen molar-refractivity contribution in [2.45, 2.75) is 26.1 Å². The summed E-state index contributed by atoms with van der Waals surface area (Å²) in [7, 11) is 3.34. The van der Waals surface area contributed by atoms with E-state index < -0.39 is 0 Å². The summed E-state index contributed by atoms with van der Waals surface area (Å²) in [6.45, 7) is 5.21. The van der Waals surface area contributed by atoms with Crippen LogP contribution in [-0.2, 0) is 14.2 Å². The van der Waals surface area contributed by atoms with Crippen LogP contribution in [-0.4, -0.2) is 45.1 Å². The van der Waals surface area contributed by atoms with E-state index in [0.717, 1.165) is 0 Å². The van der Waals surface area contributed by atoms with Crippen LogP contribution in [0.4, 0.5) is 0 Å². The van der Waals surface area contributed by atoms with E-state index in [1.54, 1.807) is 14.2 Å². The van der Waals surface area contributed by atoms with Crippen LogP contribution in [0.1, 0.15) is 13.8 Å². The van der Waals surface area contributed by atoms with Crippen molar-refractivity contribution in [2.24, 2.45) is 0 Å². The standard InChI is InChI=1S/C8H18O3.Na.H2O/c1-7(10-4)6-11-8(2)5-9-3;;/h7-8H,5-6H2,1-4H3;;1H2/q;+1;/p-1. The third-order valence-electron chi connectivity index (χ3n) is 1.42. The number of hydrogen-bond donors (Lipinski definition) is 0. The molecule has 0 saturated heterocycles. The molecule has 0 spiro atoms. The van der Waals surface area contributed by atoms with Crippen molar-refractivity contribution in [3.8, 4) is 0 Å². The maximum absolute atomic E-state index is 5.39. The molecule has 4 nitrogen and oxygen atoms in total. The van der Waals surface area contributed by atoms with Crippen LogP contribution >= 0.6 is 0 Å². The minimum atomic E-state index is 0. The fourth-order valence-electron chi connectivity index (χ4n) is 0.651. The van der Waals surface area contributed by atoms with Crippen LogP contribution in [0.5, 0.6) is 0 Å². The zero-order valence-corrected chi connectivity index (χ0v) is 11.2. The van der Waals surface area contributed by atoms with E-state index in [2.05, 4.69) is 0 Å². The van der Waals surface area contributed by atoms with Gasteiger partial charge in [0.1, 0.15) is 0 Å². The first-order valence-corrected chi connectivity index (χ1v) is 3.84. The van der Waals surface area contributed by atoms with E-state index in [-0.39, 0.29) is 47.2 Å². The van der Waals surface area contributed by atoms with E-state index in [0.29, 0.717) is 13.2 Å². The van der Waals surface area contributed by atoms with Gasteiger partial charge in [-0.05, 0) is 13.8 Å². The second-order valence-corrected chi connectivity index (χ2v) is 2.65. The van der Waals surface area contributed by atoms with Gasteiger partial charge in [-0.2, -0.15) is 0 Å². The summed E-state index contributed by atoms with van der Waals surface area (Å²) in [6.07, 6.45) is 0.312.